The highest BCUT2D eigenvalue weighted by atomic mass is 16.5. The molecule has 0 bridgehead atoms. The summed E-state index contributed by atoms with van der Waals surface area (Å²) in [4.78, 5) is 13.3. The molecule has 1 aliphatic rings. The van der Waals surface area contributed by atoms with E-state index in [0.717, 1.165) is 41.7 Å². The molecule has 0 radical (unpaired) electrons. The van der Waals surface area contributed by atoms with Crippen LogP contribution in [0.5, 0.6) is 17.2 Å². The number of ether oxygens (including phenoxy) is 3. The predicted octanol–water partition coefficient (Wildman–Crippen LogP) is 5.53. The fourth-order valence-corrected chi connectivity index (χ4v) is 3.53. The van der Waals surface area contributed by atoms with Crippen LogP contribution < -0.4 is 19.6 Å². The first-order valence-corrected chi connectivity index (χ1v) is 10.3. The molecule has 0 fully saturated rings. The maximum absolute atomic E-state index is 13.3. The van der Waals surface area contributed by atoms with Crippen molar-refractivity contribution >= 4 is 11.0 Å². The summed E-state index contributed by atoms with van der Waals surface area (Å²) in [5.74, 6) is 2.09. The Balaban J connectivity index is 1.78. The summed E-state index contributed by atoms with van der Waals surface area (Å²) in [6.45, 7) is 9.56. The van der Waals surface area contributed by atoms with Crippen molar-refractivity contribution in [2.45, 2.75) is 33.1 Å². The normalized spacial score (nSPS) is 13.1. The number of benzene rings is 2. The molecule has 1 aliphatic heterocycles. The molecule has 1 aromatic heterocycles. The molecule has 0 N–H and O–H groups in total. The van der Waals surface area contributed by atoms with Crippen LogP contribution in [0.1, 0.15) is 32.3 Å². The van der Waals surface area contributed by atoms with E-state index < -0.39 is 0 Å². The molecule has 2 heterocycles. The first-order valence-electron chi connectivity index (χ1n) is 10.3. The summed E-state index contributed by atoms with van der Waals surface area (Å²) >= 11 is 0. The van der Waals surface area contributed by atoms with Gasteiger partial charge in [0, 0.05) is 12.5 Å². The fourth-order valence-electron chi connectivity index (χ4n) is 3.53. The summed E-state index contributed by atoms with van der Waals surface area (Å²) in [5.41, 5.74) is 3.60. The van der Waals surface area contributed by atoms with Crippen LogP contribution in [0.4, 0.5) is 0 Å². The third kappa shape index (κ3) is 4.06. The van der Waals surface area contributed by atoms with Crippen molar-refractivity contribution < 1.29 is 18.6 Å². The van der Waals surface area contributed by atoms with Gasteiger partial charge in [-0.1, -0.05) is 26.0 Å². The smallest absolute Gasteiger partial charge is 0.200 e. The maximum atomic E-state index is 13.3. The van der Waals surface area contributed by atoms with Crippen molar-refractivity contribution in [3.63, 3.8) is 0 Å². The fraction of sp³-hybridized carbons (Fsp3) is 0.320. The van der Waals surface area contributed by atoms with E-state index in [1.165, 1.54) is 6.26 Å². The van der Waals surface area contributed by atoms with Crippen LogP contribution in [0, 0.1) is 0 Å². The number of hydrogen-bond donors (Lipinski definition) is 0. The highest BCUT2D eigenvalue weighted by molar-refractivity contribution is 5.84. The van der Waals surface area contributed by atoms with E-state index in [1.807, 2.05) is 37.3 Å². The molecule has 2 aromatic carbocycles. The van der Waals surface area contributed by atoms with Gasteiger partial charge in [0.05, 0.1) is 24.2 Å². The van der Waals surface area contributed by atoms with Crippen LogP contribution in [-0.4, -0.2) is 19.8 Å². The molecule has 0 unspecified atom stereocenters. The highest BCUT2D eigenvalue weighted by Crippen LogP contribution is 2.34. The molecule has 5 heteroatoms. The minimum Gasteiger partial charge on any atom is -0.490 e. The van der Waals surface area contributed by atoms with E-state index in [0.29, 0.717) is 47.9 Å². The van der Waals surface area contributed by atoms with E-state index in [-0.39, 0.29) is 5.43 Å². The monoisotopic (exact) mass is 406 g/mol. The van der Waals surface area contributed by atoms with E-state index in [2.05, 4.69) is 13.5 Å². The molecule has 0 saturated heterocycles. The van der Waals surface area contributed by atoms with Crippen molar-refractivity contribution in [3.8, 4) is 28.4 Å². The van der Waals surface area contributed by atoms with Crippen molar-refractivity contribution in [2.24, 2.45) is 0 Å². The lowest BCUT2D eigenvalue weighted by molar-refractivity contribution is 0.297. The maximum Gasteiger partial charge on any atom is 0.200 e. The van der Waals surface area contributed by atoms with E-state index in [9.17, 15) is 4.79 Å². The Bertz CT molecular complexity index is 1140. The van der Waals surface area contributed by atoms with Gasteiger partial charge in [-0.2, -0.15) is 0 Å². The lowest BCUT2D eigenvalue weighted by Gasteiger charge is -2.13. The molecule has 0 amide bonds. The van der Waals surface area contributed by atoms with Crippen molar-refractivity contribution in [2.75, 3.05) is 19.8 Å². The lowest BCUT2D eigenvalue weighted by Crippen LogP contribution is -2.07. The van der Waals surface area contributed by atoms with Gasteiger partial charge < -0.3 is 18.6 Å². The average molecular weight is 406 g/mol. The Morgan fingerprint density at radius 2 is 1.93 bits per heavy atom. The number of fused-ring (bicyclic) bond motifs is 2. The Morgan fingerprint density at radius 3 is 2.70 bits per heavy atom. The Kier molecular flexibility index (Phi) is 5.79. The molecule has 0 saturated carbocycles. The molecule has 0 spiro atoms. The molecule has 4 rings (SSSR count). The van der Waals surface area contributed by atoms with Gasteiger partial charge in [0.15, 0.2) is 11.5 Å². The van der Waals surface area contributed by atoms with Gasteiger partial charge >= 0.3 is 0 Å². The second kappa shape index (κ2) is 8.66. The van der Waals surface area contributed by atoms with Crippen LogP contribution in [0.25, 0.3) is 22.1 Å². The second-order valence-electron chi connectivity index (χ2n) is 7.64. The van der Waals surface area contributed by atoms with Crippen LogP contribution in [0.15, 0.2) is 58.0 Å². The number of aryl methyl sites for hydroxylation is 1. The molecule has 156 valence electrons. The summed E-state index contributed by atoms with van der Waals surface area (Å²) in [7, 11) is 0. The highest BCUT2D eigenvalue weighted by Gasteiger charge is 2.16. The molecule has 0 aliphatic carbocycles. The Hall–Kier alpha value is -3.21. The number of rotatable bonds is 6. The molecule has 3 aromatic rings. The molecular weight excluding hydrogens is 380 g/mol. The quantitative estimate of drug-likeness (QED) is 0.504. The largest absolute Gasteiger partial charge is 0.490 e. The van der Waals surface area contributed by atoms with Gasteiger partial charge in [-0.05, 0) is 48.2 Å². The zero-order valence-electron chi connectivity index (χ0n) is 17.5. The summed E-state index contributed by atoms with van der Waals surface area (Å²) in [5, 5.41) is 0.547. The van der Waals surface area contributed by atoms with Gasteiger partial charge in [0.2, 0.25) is 5.43 Å². The zero-order valence-corrected chi connectivity index (χ0v) is 17.5. The van der Waals surface area contributed by atoms with E-state index in [4.69, 9.17) is 18.6 Å². The van der Waals surface area contributed by atoms with Crippen molar-refractivity contribution in [1.29, 1.82) is 0 Å². The van der Waals surface area contributed by atoms with Crippen LogP contribution >= 0.6 is 0 Å². The Morgan fingerprint density at radius 1 is 1.13 bits per heavy atom. The summed E-state index contributed by atoms with van der Waals surface area (Å²) in [6, 6.07) is 9.25. The standard InChI is InChI=1S/C25H26O5/c1-4-6-18-11-19-23(13-22(18)29-14-16(2)3)30-15-20(25(19)26)17-7-8-21-24(12-17)28-10-5-9-27-21/h7-8,11-13,15H,2,4-6,9-10,14H2,1,3H3. The number of hydrogen-bond acceptors (Lipinski definition) is 5. The topological polar surface area (TPSA) is 57.9 Å². The van der Waals surface area contributed by atoms with E-state index >= 15 is 0 Å². The van der Waals surface area contributed by atoms with Gasteiger partial charge in [-0.15, -0.1) is 0 Å². The molecule has 30 heavy (non-hydrogen) atoms. The van der Waals surface area contributed by atoms with Gasteiger partial charge in [0.25, 0.3) is 0 Å². The first kappa shape index (κ1) is 20.1. The average Bonchev–Trinajstić information content (AvgIpc) is 2.98. The predicted molar refractivity (Wildman–Crippen MR) is 118 cm³/mol. The SMILES string of the molecule is C=C(C)COc1cc2occ(-c3ccc4c(c3)OCCCO4)c(=O)c2cc1CCC. The third-order valence-electron chi connectivity index (χ3n) is 5.01. The van der Waals surface area contributed by atoms with Gasteiger partial charge in [0.1, 0.15) is 24.2 Å². The third-order valence-corrected chi connectivity index (χ3v) is 5.01. The minimum absolute atomic E-state index is 0.0745. The summed E-state index contributed by atoms with van der Waals surface area (Å²) in [6.07, 6.45) is 4.10. The Labute approximate surface area is 175 Å². The van der Waals surface area contributed by atoms with Crippen LogP contribution in [0.3, 0.4) is 0 Å². The summed E-state index contributed by atoms with van der Waals surface area (Å²) < 4.78 is 23.2. The van der Waals surface area contributed by atoms with Gasteiger partial charge in [-0.3, -0.25) is 4.79 Å². The zero-order chi connectivity index (χ0) is 21.1. The van der Waals surface area contributed by atoms with Crippen LogP contribution in [0.2, 0.25) is 0 Å². The lowest BCUT2D eigenvalue weighted by atomic mass is 10.0. The van der Waals surface area contributed by atoms with Crippen molar-refractivity contribution in [1.82, 2.24) is 0 Å². The molecular formula is C25H26O5. The van der Waals surface area contributed by atoms with E-state index in [1.54, 1.807) is 0 Å². The molecule has 0 atom stereocenters. The van der Waals surface area contributed by atoms with Crippen molar-refractivity contribution in [3.05, 3.63) is 64.5 Å². The van der Waals surface area contributed by atoms with Gasteiger partial charge in [-0.25, -0.2) is 0 Å². The second-order valence-corrected chi connectivity index (χ2v) is 7.64. The molecule has 5 nitrogen and oxygen atoms in total. The van der Waals surface area contributed by atoms with Crippen LogP contribution in [-0.2, 0) is 6.42 Å². The first-order chi connectivity index (χ1) is 14.6. The minimum atomic E-state index is -0.0745.